The SMILES string of the molecule is CC(Br)CNS(=O)(=O)c1ccc(Cl)c(F)c1Cl. The molecule has 1 N–H and O–H groups in total. The van der Waals surface area contributed by atoms with E-state index in [4.69, 9.17) is 23.2 Å². The first-order valence-electron chi connectivity index (χ1n) is 4.53. The fourth-order valence-corrected chi connectivity index (χ4v) is 3.27. The highest BCUT2D eigenvalue weighted by Crippen LogP contribution is 2.29. The monoisotopic (exact) mass is 363 g/mol. The summed E-state index contributed by atoms with van der Waals surface area (Å²) in [5.41, 5.74) is 0. The van der Waals surface area contributed by atoms with Gasteiger partial charge in [0.1, 0.15) is 4.90 Å². The Morgan fingerprint density at radius 2 is 2.06 bits per heavy atom. The van der Waals surface area contributed by atoms with Crippen molar-refractivity contribution in [1.29, 1.82) is 0 Å². The average molecular weight is 365 g/mol. The van der Waals surface area contributed by atoms with Crippen molar-refractivity contribution in [2.24, 2.45) is 0 Å². The Hall–Kier alpha value is 0.120. The van der Waals surface area contributed by atoms with Crippen molar-refractivity contribution in [2.75, 3.05) is 6.54 Å². The molecule has 0 aliphatic rings. The van der Waals surface area contributed by atoms with Crippen molar-refractivity contribution in [2.45, 2.75) is 16.6 Å². The van der Waals surface area contributed by atoms with Gasteiger partial charge in [0.05, 0.1) is 10.0 Å². The number of nitrogens with one attached hydrogen (secondary N) is 1. The molecule has 0 saturated carbocycles. The van der Waals surface area contributed by atoms with Gasteiger partial charge in [-0.2, -0.15) is 0 Å². The van der Waals surface area contributed by atoms with Gasteiger partial charge in [-0.1, -0.05) is 46.1 Å². The van der Waals surface area contributed by atoms with Gasteiger partial charge in [0, 0.05) is 11.4 Å². The van der Waals surface area contributed by atoms with Gasteiger partial charge in [0.15, 0.2) is 5.82 Å². The van der Waals surface area contributed by atoms with Crippen molar-refractivity contribution in [3.05, 3.63) is 28.0 Å². The zero-order valence-electron chi connectivity index (χ0n) is 8.68. The molecule has 1 unspecified atom stereocenters. The fraction of sp³-hybridized carbons (Fsp3) is 0.333. The number of rotatable bonds is 4. The molecule has 96 valence electrons. The van der Waals surface area contributed by atoms with Gasteiger partial charge < -0.3 is 0 Å². The molecule has 0 heterocycles. The molecule has 0 radical (unpaired) electrons. The summed E-state index contributed by atoms with van der Waals surface area (Å²) in [5, 5.41) is -0.727. The van der Waals surface area contributed by atoms with Crippen molar-refractivity contribution in [3.63, 3.8) is 0 Å². The summed E-state index contributed by atoms with van der Waals surface area (Å²) in [6, 6.07) is 2.31. The van der Waals surface area contributed by atoms with Gasteiger partial charge in [0.2, 0.25) is 10.0 Å². The van der Waals surface area contributed by atoms with Crippen molar-refractivity contribution < 1.29 is 12.8 Å². The molecule has 0 aromatic heterocycles. The summed E-state index contributed by atoms with van der Waals surface area (Å²) in [6.45, 7) is 1.94. The standard InChI is InChI=1S/C9H9BrCl2FNO2S/c1-5(10)4-14-17(15,16)7-3-2-6(11)9(13)8(7)12/h2-3,5,14H,4H2,1H3. The molecular weight excluding hydrogens is 356 g/mol. The molecular formula is C9H9BrCl2FNO2S. The van der Waals surface area contributed by atoms with Gasteiger partial charge in [-0.05, 0) is 12.1 Å². The number of hydrogen-bond acceptors (Lipinski definition) is 2. The molecule has 3 nitrogen and oxygen atoms in total. The maximum Gasteiger partial charge on any atom is 0.242 e. The maximum absolute atomic E-state index is 13.4. The van der Waals surface area contributed by atoms with Crippen LogP contribution < -0.4 is 4.72 Å². The van der Waals surface area contributed by atoms with E-state index in [2.05, 4.69) is 20.7 Å². The van der Waals surface area contributed by atoms with Gasteiger partial charge in [-0.3, -0.25) is 0 Å². The molecule has 0 aliphatic heterocycles. The van der Waals surface area contributed by atoms with Crippen LogP contribution in [-0.2, 0) is 10.0 Å². The van der Waals surface area contributed by atoms with Crippen molar-refractivity contribution in [1.82, 2.24) is 4.72 Å². The van der Waals surface area contributed by atoms with E-state index < -0.39 is 20.9 Å². The normalized spacial score (nSPS) is 13.7. The first kappa shape index (κ1) is 15.2. The van der Waals surface area contributed by atoms with Gasteiger partial charge in [-0.25, -0.2) is 17.5 Å². The van der Waals surface area contributed by atoms with E-state index in [1.54, 1.807) is 6.92 Å². The van der Waals surface area contributed by atoms with Crippen molar-refractivity contribution in [3.8, 4) is 0 Å². The van der Waals surface area contributed by atoms with Crippen LogP contribution >= 0.6 is 39.1 Å². The zero-order valence-corrected chi connectivity index (χ0v) is 12.6. The van der Waals surface area contributed by atoms with Crippen LogP contribution in [0.4, 0.5) is 4.39 Å². The second kappa shape index (κ2) is 5.84. The summed E-state index contributed by atoms with van der Waals surface area (Å²) in [7, 11) is -3.84. The van der Waals surface area contributed by atoms with Crippen LogP contribution in [0.15, 0.2) is 17.0 Å². The average Bonchev–Trinajstić information content (AvgIpc) is 2.23. The van der Waals surface area contributed by atoms with Crippen LogP contribution in [0.5, 0.6) is 0 Å². The molecule has 0 aliphatic carbocycles. The Morgan fingerprint density at radius 3 is 2.59 bits per heavy atom. The number of hydrogen-bond donors (Lipinski definition) is 1. The summed E-state index contributed by atoms with van der Waals surface area (Å²) in [5.74, 6) is -0.942. The molecule has 8 heteroatoms. The van der Waals surface area contributed by atoms with Crippen LogP contribution in [0.1, 0.15) is 6.92 Å². The van der Waals surface area contributed by atoms with Crippen LogP contribution in [0.25, 0.3) is 0 Å². The number of halogens is 4. The Balaban J connectivity index is 3.12. The Morgan fingerprint density at radius 1 is 1.47 bits per heavy atom. The highest BCUT2D eigenvalue weighted by atomic mass is 79.9. The van der Waals surface area contributed by atoms with E-state index >= 15 is 0 Å². The van der Waals surface area contributed by atoms with Crippen LogP contribution in [0, 0.1) is 5.82 Å². The fourth-order valence-electron chi connectivity index (χ4n) is 1.02. The zero-order chi connectivity index (χ0) is 13.2. The number of alkyl halides is 1. The lowest BCUT2D eigenvalue weighted by molar-refractivity contribution is 0.578. The minimum Gasteiger partial charge on any atom is -0.210 e. The highest BCUT2D eigenvalue weighted by Gasteiger charge is 2.21. The molecule has 0 saturated heterocycles. The first-order chi connectivity index (χ1) is 7.75. The maximum atomic E-state index is 13.4. The second-order valence-corrected chi connectivity index (χ2v) is 7.39. The van der Waals surface area contributed by atoms with Crippen molar-refractivity contribution >= 4 is 49.2 Å². The van der Waals surface area contributed by atoms with E-state index in [0.717, 1.165) is 12.1 Å². The number of benzene rings is 1. The van der Waals surface area contributed by atoms with Gasteiger partial charge in [-0.15, -0.1) is 0 Å². The molecule has 17 heavy (non-hydrogen) atoms. The second-order valence-electron chi connectivity index (χ2n) is 3.31. The molecule has 0 amide bonds. The summed E-state index contributed by atoms with van der Waals surface area (Å²) in [4.78, 5) is -0.373. The summed E-state index contributed by atoms with van der Waals surface area (Å²) in [6.07, 6.45) is 0. The lowest BCUT2D eigenvalue weighted by Gasteiger charge is -2.10. The third-order valence-electron chi connectivity index (χ3n) is 1.84. The number of sulfonamides is 1. The van der Waals surface area contributed by atoms with Gasteiger partial charge in [0.25, 0.3) is 0 Å². The largest absolute Gasteiger partial charge is 0.242 e. The van der Waals surface area contributed by atoms with E-state index in [-0.39, 0.29) is 21.3 Å². The van der Waals surface area contributed by atoms with E-state index in [1.165, 1.54) is 0 Å². The Bertz CT molecular complexity index is 522. The van der Waals surface area contributed by atoms with E-state index in [0.29, 0.717) is 0 Å². The molecule has 1 atom stereocenters. The van der Waals surface area contributed by atoms with Gasteiger partial charge >= 0.3 is 0 Å². The van der Waals surface area contributed by atoms with E-state index in [9.17, 15) is 12.8 Å². The smallest absolute Gasteiger partial charge is 0.210 e. The molecule has 1 rings (SSSR count). The summed E-state index contributed by atoms with van der Waals surface area (Å²) >= 11 is 14.3. The lowest BCUT2D eigenvalue weighted by Crippen LogP contribution is -2.28. The highest BCUT2D eigenvalue weighted by molar-refractivity contribution is 9.09. The minimum absolute atomic E-state index is 0.0480. The third kappa shape index (κ3) is 3.79. The molecule has 1 aromatic rings. The predicted octanol–water partition coefficient (Wildman–Crippen LogP) is 3.19. The third-order valence-corrected chi connectivity index (χ3v) is 4.41. The van der Waals surface area contributed by atoms with Crippen LogP contribution in [-0.4, -0.2) is 19.8 Å². The minimum atomic E-state index is -3.84. The molecule has 0 spiro atoms. The first-order valence-corrected chi connectivity index (χ1v) is 7.68. The van der Waals surface area contributed by atoms with E-state index in [1.807, 2.05) is 0 Å². The Kier molecular flexibility index (Phi) is 5.21. The lowest BCUT2D eigenvalue weighted by atomic mass is 10.3. The predicted molar refractivity (Wildman–Crippen MR) is 70.0 cm³/mol. The molecule has 1 aromatic carbocycles. The molecule has 0 bridgehead atoms. The van der Waals surface area contributed by atoms with Crippen LogP contribution in [0.3, 0.4) is 0 Å². The Labute approximate surface area is 117 Å². The quantitative estimate of drug-likeness (QED) is 0.658. The summed E-state index contributed by atoms with van der Waals surface area (Å²) < 4.78 is 39.2. The van der Waals surface area contributed by atoms with Crippen LogP contribution in [0.2, 0.25) is 10.0 Å². The topological polar surface area (TPSA) is 46.2 Å². The molecule has 0 fully saturated rings.